The maximum absolute atomic E-state index is 11.5. The largest absolute Gasteiger partial charge is 0.376 e. The lowest BCUT2D eigenvalue weighted by Gasteiger charge is -2.25. The number of anilines is 2. The van der Waals surface area contributed by atoms with Crippen LogP contribution in [0, 0.1) is 6.92 Å². The zero-order valence-corrected chi connectivity index (χ0v) is 15.0. The molecule has 0 spiro atoms. The van der Waals surface area contributed by atoms with Crippen molar-refractivity contribution in [1.82, 2.24) is 0 Å². The molecule has 0 radical (unpaired) electrons. The number of hydrogen-bond acceptors (Lipinski definition) is 2. The number of nitrogens with two attached hydrogens (primary N) is 1. The van der Waals surface area contributed by atoms with Gasteiger partial charge in [0.25, 0.3) is 0 Å². The first-order valence-corrected chi connectivity index (χ1v) is 7.89. The van der Waals surface area contributed by atoms with Crippen molar-refractivity contribution in [2.75, 3.05) is 10.6 Å². The molecule has 1 amide bonds. The third-order valence-corrected chi connectivity index (χ3v) is 4.54. The van der Waals surface area contributed by atoms with Gasteiger partial charge >= 0.3 is 0 Å². The van der Waals surface area contributed by atoms with Gasteiger partial charge in [-0.1, -0.05) is 27.7 Å². The van der Waals surface area contributed by atoms with E-state index in [0.717, 1.165) is 23.4 Å². The van der Waals surface area contributed by atoms with Gasteiger partial charge in [-0.05, 0) is 59.1 Å². The number of carbonyl (C=O) groups excluding carboxylic acids is 1. The molecule has 1 aliphatic rings. The maximum Gasteiger partial charge on any atom is 0.221 e. The number of benzene rings is 1. The highest BCUT2D eigenvalue weighted by atomic mass is 32.1. The van der Waals surface area contributed by atoms with Crippen molar-refractivity contribution in [3.8, 4) is 0 Å². The van der Waals surface area contributed by atoms with Gasteiger partial charge in [-0.25, -0.2) is 0 Å². The molecule has 22 heavy (non-hydrogen) atoms. The third-order valence-electron chi connectivity index (χ3n) is 4.44. The summed E-state index contributed by atoms with van der Waals surface area (Å²) in [6.45, 7) is 12.4. The predicted octanol–water partition coefficient (Wildman–Crippen LogP) is 3.57. The third kappa shape index (κ3) is 2.82. The van der Waals surface area contributed by atoms with Crippen LogP contribution >= 0.6 is 12.2 Å². The van der Waals surface area contributed by atoms with E-state index < -0.39 is 0 Å². The molecule has 120 valence electrons. The van der Waals surface area contributed by atoms with Crippen molar-refractivity contribution < 1.29 is 4.79 Å². The average Bonchev–Trinajstić information content (AvgIpc) is 2.48. The molecule has 0 saturated carbocycles. The summed E-state index contributed by atoms with van der Waals surface area (Å²) in [5, 5.41) is 6.30. The molecule has 0 atom stereocenters. The summed E-state index contributed by atoms with van der Waals surface area (Å²) in [6, 6.07) is 2.10. The van der Waals surface area contributed by atoms with Crippen LogP contribution in [-0.2, 0) is 15.6 Å². The fourth-order valence-electron chi connectivity index (χ4n) is 3.91. The van der Waals surface area contributed by atoms with Crippen LogP contribution in [0.1, 0.15) is 57.7 Å². The molecule has 4 nitrogen and oxygen atoms in total. The first-order valence-electron chi connectivity index (χ1n) is 7.48. The fourth-order valence-corrected chi connectivity index (χ4v) is 4.01. The van der Waals surface area contributed by atoms with Crippen LogP contribution in [0.5, 0.6) is 0 Å². The molecule has 0 unspecified atom stereocenters. The first-order chi connectivity index (χ1) is 9.95. The maximum atomic E-state index is 11.5. The van der Waals surface area contributed by atoms with Crippen LogP contribution in [-0.4, -0.2) is 11.0 Å². The number of fused-ring (bicyclic) bond motifs is 1. The van der Waals surface area contributed by atoms with Crippen molar-refractivity contribution in [3.63, 3.8) is 0 Å². The van der Waals surface area contributed by atoms with Crippen molar-refractivity contribution in [2.45, 2.75) is 58.8 Å². The van der Waals surface area contributed by atoms with Crippen LogP contribution in [0.2, 0.25) is 0 Å². The van der Waals surface area contributed by atoms with Crippen LogP contribution in [0.3, 0.4) is 0 Å². The molecule has 1 aromatic rings. The number of carbonyl (C=O) groups is 1. The van der Waals surface area contributed by atoms with E-state index >= 15 is 0 Å². The van der Waals surface area contributed by atoms with Crippen LogP contribution in [0.4, 0.5) is 11.4 Å². The van der Waals surface area contributed by atoms with Gasteiger partial charge in [-0.2, -0.15) is 0 Å². The van der Waals surface area contributed by atoms with E-state index in [-0.39, 0.29) is 21.8 Å². The Kier molecular flexibility index (Phi) is 3.98. The minimum absolute atomic E-state index is 0.0193. The molecule has 0 saturated heterocycles. The lowest BCUT2D eigenvalue weighted by Crippen LogP contribution is -2.24. The second-order valence-corrected chi connectivity index (χ2v) is 7.90. The van der Waals surface area contributed by atoms with Gasteiger partial charge in [0, 0.05) is 18.3 Å². The summed E-state index contributed by atoms with van der Waals surface area (Å²) in [5.74, 6) is -0.0839. The molecule has 1 aromatic carbocycles. The quantitative estimate of drug-likeness (QED) is 0.729. The number of thiocarbonyl (C=S) groups is 1. The van der Waals surface area contributed by atoms with Crippen molar-refractivity contribution in [2.24, 2.45) is 5.73 Å². The molecule has 0 fully saturated rings. The Labute approximate surface area is 137 Å². The highest BCUT2D eigenvalue weighted by molar-refractivity contribution is 7.80. The number of rotatable bonds is 2. The summed E-state index contributed by atoms with van der Waals surface area (Å²) >= 11 is 5.05. The summed E-state index contributed by atoms with van der Waals surface area (Å²) in [4.78, 5) is 11.5. The van der Waals surface area contributed by atoms with E-state index in [1.54, 1.807) is 0 Å². The molecule has 5 heteroatoms. The monoisotopic (exact) mass is 319 g/mol. The van der Waals surface area contributed by atoms with Gasteiger partial charge in [0.2, 0.25) is 5.91 Å². The van der Waals surface area contributed by atoms with Crippen molar-refractivity contribution in [1.29, 1.82) is 0 Å². The Morgan fingerprint density at radius 3 is 2.32 bits per heavy atom. The zero-order chi connectivity index (χ0) is 16.9. The molecular weight excluding hydrogens is 294 g/mol. The standard InChI is InChI=1S/C17H25N3OS/c1-9-12(19-10(2)21)7-11-13(14(9)20-15(18)22)17(5,6)8-16(11,3)4/h7H,8H2,1-6H3,(H,19,21)(H3,18,20,22). The van der Waals surface area contributed by atoms with E-state index in [4.69, 9.17) is 18.0 Å². The first kappa shape index (κ1) is 16.7. The number of amides is 1. The molecule has 0 bridgehead atoms. The van der Waals surface area contributed by atoms with Gasteiger partial charge in [0.15, 0.2) is 5.11 Å². The van der Waals surface area contributed by atoms with E-state index in [2.05, 4.69) is 44.4 Å². The second kappa shape index (κ2) is 5.23. The van der Waals surface area contributed by atoms with E-state index in [1.807, 2.05) is 6.92 Å². The van der Waals surface area contributed by atoms with Gasteiger partial charge in [0.1, 0.15) is 0 Å². The highest BCUT2D eigenvalue weighted by Crippen LogP contribution is 2.54. The molecular formula is C17H25N3OS. The lowest BCUT2D eigenvalue weighted by atomic mass is 9.81. The summed E-state index contributed by atoms with van der Waals surface area (Å²) in [6.07, 6.45) is 1.03. The molecule has 1 aliphatic carbocycles. The lowest BCUT2D eigenvalue weighted by molar-refractivity contribution is -0.114. The summed E-state index contributed by atoms with van der Waals surface area (Å²) < 4.78 is 0. The Bertz CT molecular complexity index is 662. The minimum Gasteiger partial charge on any atom is -0.376 e. The SMILES string of the molecule is CC(=O)Nc1cc2c(c(NC(N)=S)c1C)C(C)(C)CC2(C)C. The van der Waals surface area contributed by atoms with Crippen LogP contribution in [0.25, 0.3) is 0 Å². The Balaban J connectivity index is 2.77. The topological polar surface area (TPSA) is 67.2 Å². The van der Waals surface area contributed by atoms with Crippen LogP contribution < -0.4 is 16.4 Å². The smallest absolute Gasteiger partial charge is 0.221 e. The van der Waals surface area contributed by atoms with Gasteiger partial charge in [0.05, 0.1) is 0 Å². The molecule has 0 heterocycles. The average molecular weight is 319 g/mol. The zero-order valence-electron chi connectivity index (χ0n) is 14.2. The molecule has 2 rings (SSSR count). The van der Waals surface area contributed by atoms with Crippen LogP contribution in [0.15, 0.2) is 6.07 Å². The molecule has 0 aromatic heterocycles. The van der Waals surface area contributed by atoms with Gasteiger partial charge in [-0.15, -0.1) is 0 Å². The molecule has 4 N–H and O–H groups in total. The van der Waals surface area contributed by atoms with Gasteiger partial charge < -0.3 is 16.4 Å². The number of nitrogens with one attached hydrogen (secondary N) is 2. The van der Waals surface area contributed by atoms with Crippen molar-refractivity contribution in [3.05, 3.63) is 22.8 Å². The van der Waals surface area contributed by atoms with E-state index in [9.17, 15) is 4.79 Å². The highest BCUT2D eigenvalue weighted by Gasteiger charge is 2.44. The Morgan fingerprint density at radius 2 is 1.82 bits per heavy atom. The molecule has 0 aliphatic heterocycles. The fraction of sp³-hybridized carbons (Fsp3) is 0.529. The Hall–Kier alpha value is -1.62. The normalized spacial score (nSPS) is 17.7. The predicted molar refractivity (Wildman–Crippen MR) is 96.6 cm³/mol. The number of hydrogen-bond donors (Lipinski definition) is 3. The van der Waals surface area contributed by atoms with Gasteiger partial charge in [-0.3, -0.25) is 4.79 Å². The minimum atomic E-state index is -0.0839. The summed E-state index contributed by atoms with van der Waals surface area (Å²) in [5.41, 5.74) is 11.0. The summed E-state index contributed by atoms with van der Waals surface area (Å²) in [7, 11) is 0. The second-order valence-electron chi connectivity index (χ2n) is 7.46. The van der Waals surface area contributed by atoms with Crippen molar-refractivity contribution >= 4 is 34.6 Å². The van der Waals surface area contributed by atoms with E-state index in [0.29, 0.717) is 0 Å². The Morgan fingerprint density at radius 1 is 1.23 bits per heavy atom. The van der Waals surface area contributed by atoms with E-state index in [1.165, 1.54) is 18.1 Å².